The van der Waals surface area contributed by atoms with Crippen LogP contribution in [0.2, 0.25) is 0 Å². The zero-order valence-electron chi connectivity index (χ0n) is 26.2. The predicted molar refractivity (Wildman–Crippen MR) is 201 cm³/mol. The van der Waals surface area contributed by atoms with Crippen LogP contribution in [0.1, 0.15) is 17.5 Å². The summed E-state index contributed by atoms with van der Waals surface area (Å²) >= 11 is 1.87. The van der Waals surface area contributed by atoms with Gasteiger partial charge in [0.25, 0.3) is 0 Å². The number of benzene rings is 6. The van der Waals surface area contributed by atoms with Crippen LogP contribution in [0, 0.1) is 0 Å². The number of hydrogen-bond acceptors (Lipinski definition) is 3. The second-order valence-electron chi connectivity index (χ2n) is 13.3. The van der Waals surface area contributed by atoms with Gasteiger partial charge in [0.1, 0.15) is 12.4 Å². The zero-order chi connectivity index (χ0) is 31.4. The van der Waals surface area contributed by atoms with Crippen molar-refractivity contribution in [3.63, 3.8) is 0 Å². The summed E-state index contributed by atoms with van der Waals surface area (Å²) < 4.78 is 12.0. The zero-order valence-corrected chi connectivity index (χ0v) is 27.0. The third-order valence-corrected chi connectivity index (χ3v) is 11.9. The fourth-order valence-electron chi connectivity index (χ4n) is 8.73. The highest BCUT2D eigenvalue weighted by molar-refractivity contribution is 7.25. The first-order valence-electron chi connectivity index (χ1n) is 16.7. The summed E-state index contributed by atoms with van der Waals surface area (Å²) in [4.78, 5) is 2.59. The minimum atomic E-state index is -0.178. The quantitative estimate of drug-likeness (QED) is 0.188. The van der Waals surface area contributed by atoms with Crippen molar-refractivity contribution in [2.24, 2.45) is 0 Å². The van der Waals surface area contributed by atoms with Crippen molar-refractivity contribution in [2.75, 3.05) is 4.90 Å². The fourth-order valence-corrected chi connectivity index (χ4v) is 9.82. The van der Waals surface area contributed by atoms with Crippen molar-refractivity contribution in [1.29, 1.82) is 0 Å². The van der Waals surface area contributed by atoms with Crippen LogP contribution in [0.25, 0.3) is 58.8 Å². The van der Waals surface area contributed by atoms with Crippen molar-refractivity contribution < 1.29 is 4.74 Å². The lowest BCUT2D eigenvalue weighted by molar-refractivity contribution is 0.300. The smallest absolute Gasteiger partial charge is 0.133 e. The monoisotopic (exact) mass is 634 g/mol. The Labute approximate surface area is 282 Å². The predicted octanol–water partition coefficient (Wildman–Crippen LogP) is 11.7. The van der Waals surface area contributed by atoms with Crippen molar-refractivity contribution >= 4 is 64.7 Å². The molecule has 8 aromatic rings. The van der Waals surface area contributed by atoms with Crippen LogP contribution in [0.3, 0.4) is 0 Å². The summed E-state index contributed by atoms with van der Waals surface area (Å²) in [5.41, 5.74) is 11.0. The first kappa shape index (κ1) is 26.5. The van der Waals surface area contributed by atoms with Gasteiger partial charge in [0.05, 0.1) is 16.6 Å². The lowest BCUT2D eigenvalue weighted by atomic mass is 9.85. The van der Waals surface area contributed by atoms with E-state index in [-0.39, 0.29) is 5.54 Å². The molecular weight excluding hydrogens is 605 g/mol. The second kappa shape index (κ2) is 9.72. The van der Waals surface area contributed by atoms with E-state index >= 15 is 0 Å². The van der Waals surface area contributed by atoms with Gasteiger partial charge in [-0.1, -0.05) is 85.0 Å². The molecule has 228 valence electrons. The van der Waals surface area contributed by atoms with Gasteiger partial charge >= 0.3 is 0 Å². The largest absolute Gasteiger partial charge is 0.488 e. The molecule has 3 nitrogen and oxygen atoms in total. The Bertz CT molecular complexity index is 2690. The van der Waals surface area contributed by atoms with Crippen LogP contribution in [0.15, 0.2) is 146 Å². The van der Waals surface area contributed by atoms with Crippen LogP contribution >= 0.6 is 11.3 Å². The molecule has 0 bridgehead atoms. The average molecular weight is 635 g/mol. The lowest BCUT2D eigenvalue weighted by Crippen LogP contribution is -2.42. The van der Waals surface area contributed by atoms with E-state index in [2.05, 4.69) is 155 Å². The molecule has 48 heavy (non-hydrogen) atoms. The normalized spacial score (nSPS) is 17.8. The molecule has 4 heterocycles. The van der Waals surface area contributed by atoms with Crippen molar-refractivity contribution in [3.8, 4) is 22.6 Å². The van der Waals surface area contributed by atoms with Crippen LogP contribution in [-0.2, 0) is 13.0 Å². The van der Waals surface area contributed by atoms with Crippen molar-refractivity contribution in [3.05, 3.63) is 157 Å². The van der Waals surface area contributed by atoms with E-state index in [1.807, 2.05) is 11.3 Å². The minimum Gasteiger partial charge on any atom is -0.488 e. The first-order chi connectivity index (χ1) is 23.8. The van der Waals surface area contributed by atoms with E-state index < -0.39 is 0 Å². The highest BCUT2D eigenvalue weighted by atomic mass is 32.1. The summed E-state index contributed by atoms with van der Waals surface area (Å²) in [5, 5.41) is 5.21. The maximum absolute atomic E-state index is 6.92. The average Bonchev–Trinajstić information content (AvgIpc) is 3.79. The number of fused-ring (bicyclic) bond motifs is 12. The molecule has 0 fully saturated rings. The molecule has 1 aliphatic carbocycles. The Morgan fingerprint density at radius 2 is 1.44 bits per heavy atom. The third kappa shape index (κ3) is 3.53. The standard InChI is InChI=1S/C44H30N2OS/c1-3-11-28(12-4-1)45-37-15-7-5-14-33(37)42-36-27-47-43-32(30(36)18-21-39(42)45)19-20-38-35(43)26-44(23-9-2-10-24-44)46(38)29-17-22-41-34(25-29)31-13-6-8-16-40(31)48-41/h1-23,25H,24,26-27H2. The maximum Gasteiger partial charge on any atom is 0.133 e. The van der Waals surface area contributed by atoms with Crippen LogP contribution in [0.5, 0.6) is 5.75 Å². The third-order valence-electron chi connectivity index (χ3n) is 10.8. The molecule has 1 atom stereocenters. The molecule has 1 spiro atoms. The summed E-state index contributed by atoms with van der Waals surface area (Å²) in [7, 11) is 0. The fraction of sp³-hybridized carbons (Fsp3) is 0.0909. The molecule has 0 saturated heterocycles. The van der Waals surface area contributed by atoms with Gasteiger partial charge in [0.2, 0.25) is 0 Å². The molecule has 2 aliphatic heterocycles. The van der Waals surface area contributed by atoms with E-state index in [0.29, 0.717) is 6.61 Å². The van der Waals surface area contributed by atoms with Crippen LogP contribution in [-0.4, -0.2) is 10.1 Å². The van der Waals surface area contributed by atoms with Crippen molar-refractivity contribution in [1.82, 2.24) is 4.57 Å². The van der Waals surface area contributed by atoms with Crippen LogP contribution in [0.4, 0.5) is 11.4 Å². The number of anilines is 2. The molecule has 11 rings (SSSR count). The Kier molecular flexibility index (Phi) is 5.37. The first-order valence-corrected chi connectivity index (χ1v) is 17.5. The summed E-state index contributed by atoms with van der Waals surface area (Å²) in [6.07, 6.45) is 11.0. The molecule has 3 aliphatic rings. The Hall–Kier alpha value is -5.58. The molecule has 0 saturated carbocycles. The molecule has 2 aromatic heterocycles. The Morgan fingerprint density at radius 3 is 2.33 bits per heavy atom. The number of thiophene rings is 1. The summed E-state index contributed by atoms with van der Waals surface area (Å²) in [5.74, 6) is 1.04. The van der Waals surface area contributed by atoms with E-state index in [0.717, 1.165) is 18.6 Å². The molecule has 4 heteroatoms. The Balaban J connectivity index is 1.11. The van der Waals surface area contributed by atoms with Crippen molar-refractivity contribution in [2.45, 2.75) is 25.0 Å². The van der Waals surface area contributed by atoms with Gasteiger partial charge in [0.15, 0.2) is 0 Å². The number of para-hydroxylation sites is 2. The Morgan fingerprint density at radius 1 is 0.625 bits per heavy atom. The van der Waals surface area contributed by atoms with Gasteiger partial charge < -0.3 is 14.2 Å². The second-order valence-corrected chi connectivity index (χ2v) is 14.4. The van der Waals surface area contributed by atoms with Gasteiger partial charge in [-0.2, -0.15) is 0 Å². The molecular formula is C44H30N2OS. The van der Waals surface area contributed by atoms with E-state index in [4.69, 9.17) is 4.74 Å². The molecule has 0 amide bonds. The van der Waals surface area contributed by atoms with Gasteiger partial charge in [-0.15, -0.1) is 11.3 Å². The minimum absolute atomic E-state index is 0.178. The van der Waals surface area contributed by atoms with Gasteiger partial charge in [-0.3, -0.25) is 0 Å². The molecule has 0 N–H and O–H groups in total. The highest BCUT2D eigenvalue weighted by Gasteiger charge is 2.45. The van der Waals surface area contributed by atoms with Gasteiger partial charge in [-0.05, 0) is 72.6 Å². The number of ether oxygens (including phenoxy) is 1. The van der Waals surface area contributed by atoms with Gasteiger partial charge in [-0.25, -0.2) is 0 Å². The summed E-state index contributed by atoms with van der Waals surface area (Å²) in [6.45, 7) is 0.550. The highest BCUT2D eigenvalue weighted by Crippen LogP contribution is 2.55. The lowest BCUT2D eigenvalue weighted by Gasteiger charge is -2.39. The topological polar surface area (TPSA) is 17.4 Å². The number of nitrogens with zero attached hydrogens (tertiary/aromatic N) is 2. The molecule has 6 aromatic carbocycles. The number of rotatable bonds is 2. The molecule has 0 radical (unpaired) electrons. The van der Waals surface area contributed by atoms with E-state index in [1.165, 1.54) is 81.3 Å². The van der Waals surface area contributed by atoms with E-state index in [9.17, 15) is 0 Å². The molecule has 1 unspecified atom stereocenters. The maximum atomic E-state index is 6.92. The van der Waals surface area contributed by atoms with E-state index in [1.54, 1.807) is 0 Å². The number of hydrogen-bond donors (Lipinski definition) is 0. The SMILES string of the molecule is C1=CCC2(C=C1)Cc1c(ccc3c1OCc1c-3ccc3c1c1ccccc1n3-c1ccccc1)N2c1ccc2sc3ccccc3c2c1. The van der Waals surface area contributed by atoms with Crippen LogP contribution < -0.4 is 9.64 Å². The van der Waals surface area contributed by atoms with Gasteiger partial charge in [0, 0.05) is 71.1 Å². The summed E-state index contributed by atoms with van der Waals surface area (Å²) in [6, 6.07) is 44.6. The number of aromatic nitrogens is 1. The number of allylic oxidation sites excluding steroid dienone is 2.